The number of aromatic hydroxyl groups is 1. The summed E-state index contributed by atoms with van der Waals surface area (Å²) in [6, 6.07) is 2.24. The summed E-state index contributed by atoms with van der Waals surface area (Å²) < 4.78 is 0. The molecule has 1 aliphatic carbocycles. The zero-order chi connectivity index (χ0) is 14.8. The zero-order valence-corrected chi connectivity index (χ0v) is 10.8. The summed E-state index contributed by atoms with van der Waals surface area (Å²) in [5.41, 5.74) is -0.903. The summed E-state index contributed by atoms with van der Waals surface area (Å²) in [5.74, 6) is -1.76. The van der Waals surface area contributed by atoms with Gasteiger partial charge in [-0.1, -0.05) is 6.42 Å². The third kappa shape index (κ3) is 3.17. The summed E-state index contributed by atoms with van der Waals surface area (Å²) >= 11 is 0. The number of pyridine rings is 1. The lowest BCUT2D eigenvalue weighted by Gasteiger charge is -2.40. The van der Waals surface area contributed by atoms with Gasteiger partial charge in [-0.3, -0.25) is 19.4 Å². The molecule has 0 unspecified atom stereocenters. The molecule has 1 aromatic rings. The standard InChI is InChI=1S/C13H16N2O5/c16-9-4-8(5-10(17)15-9)12(20)14-7-13(2-1-3-13)6-11(18)19/h4-5H,1-3,6-7H2,(H,14,20)(H,18,19)(H2,15,16,17). The number of carboxylic acids is 1. The quantitative estimate of drug-likeness (QED) is 0.624. The Kier molecular flexibility index (Phi) is 3.78. The first-order valence-electron chi connectivity index (χ1n) is 6.34. The van der Waals surface area contributed by atoms with Gasteiger partial charge in [-0.15, -0.1) is 0 Å². The van der Waals surface area contributed by atoms with E-state index < -0.39 is 17.4 Å². The lowest BCUT2D eigenvalue weighted by Crippen LogP contribution is -2.43. The smallest absolute Gasteiger partial charge is 0.303 e. The van der Waals surface area contributed by atoms with Crippen LogP contribution >= 0.6 is 0 Å². The molecule has 0 aromatic carbocycles. The van der Waals surface area contributed by atoms with Crippen molar-refractivity contribution in [1.29, 1.82) is 0 Å². The van der Waals surface area contributed by atoms with Crippen LogP contribution < -0.4 is 10.9 Å². The third-order valence-corrected chi connectivity index (χ3v) is 3.66. The Balaban J connectivity index is 2.01. The van der Waals surface area contributed by atoms with Crippen LogP contribution in [0.4, 0.5) is 0 Å². The minimum atomic E-state index is -0.882. The molecule has 0 atom stereocenters. The predicted octanol–water partition coefficient (Wildman–Crippen LogP) is 0.455. The Hall–Kier alpha value is -2.31. The van der Waals surface area contributed by atoms with Crippen molar-refractivity contribution in [3.63, 3.8) is 0 Å². The van der Waals surface area contributed by atoms with Crippen molar-refractivity contribution in [2.45, 2.75) is 25.7 Å². The number of aromatic nitrogens is 1. The Labute approximate surface area is 114 Å². The largest absolute Gasteiger partial charge is 0.494 e. The molecule has 7 nitrogen and oxygen atoms in total. The molecule has 0 saturated heterocycles. The Morgan fingerprint density at radius 3 is 2.55 bits per heavy atom. The maximum Gasteiger partial charge on any atom is 0.303 e. The number of hydrogen-bond donors (Lipinski definition) is 4. The Bertz CT molecular complexity index is 589. The van der Waals surface area contributed by atoms with Gasteiger partial charge >= 0.3 is 5.97 Å². The van der Waals surface area contributed by atoms with Gasteiger partial charge in [0.25, 0.3) is 11.5 Å². The first-order chi connectivity index (χ1) is 9.40. The van der Waals surface area contributed by atoms with E-state index in [0.717, 1.165) is 31.4 Å². The van der Waals surface area contributed by atoms with E-state index in [9.17, 15) is 19.5 Å². The van der Waals surface area contributed by atoms with Gasteiger partial charge < -0.3 is 15.5 Å². The van der Waals surface area contributed by atoms with Gasteiger partial charge in [0.2, 0.25) is 0 Å². The van der Waals surface area contributed by atoms with E-state index in [2.05, 4.69) is 10.3 Å². The molecule has 1 aliphatic rings. The van der Waals surface area contributed by atoms with Crippen molar-refractivity contribution in [3.05, 3.63) is 28.0 Å². The number of carbonyl (C=O) groups excluding carboxylic acids is 1. The number of carboxylic acid groups (broad SMARTS) is 1. The monoisotopic (exact) mass is 280 g/mol. The van der Waals surface area contributed by atoms with Crippen molar-refractivity contribution in [2.75, 3.05) is 6.54 Å². The van der Waals surface area contributed by atoms with Gasteiger partial charge in [-0.05, 0) is 18.3 Å². The van der Waals surface area contributed by atoms with Gasteiger partial charge in [0, 0.05) is 18.7 Å². The predicted molar refractivity (Wildman–Crippen MR) is 69.6 cm³/mol. The van der Waals surface area contributed by atoms with Crippen LogP contribution in [0.3, 0.4) is 0 Å². The average molecular weight is 280 g/mol. The van der Waals surface area contributed by atoms with E-state index in [1.165, 1.54) is 0 Å². The molecule has 1 saturated carbocycles. The van der Waals surface area contributed by atoms with Gasteiger partial charge in [-0.25, -0.2) is 0 Å². The third-order valence-electron chi connectivity index (χ3n) is 3.66. The normalized spacial score (nSPS) is 16.2. The van der Waals surface area contributed by atoms with Crippen LogP contribution in [-0.4, -0.2) is 33.6 Å². The minimum absolute atomic E-state index is 0.0217. The fourth-order valence-corrected chi connectivity index (χ4v) is 2.44. The van der Waals surface area contributed by atoms with Crippen molar-refractivity contribution >= 4 is 11.9 Å². The highest BCUT2D eigenvalue weighted by Gasteiger charge is 2.39. The van der Waals surface area contributed by atoms with Crippen LogP contribution in [0.5, 0.6) is 5.88 Å². The summed E-state index contributed by atoms with van der Waals surface area (Å²) in [5, 5.41) is 20.7. The highest BCUT2D eigenvalue weighted by Crippen LogP contribution is 2.43. The second-order valence-electron chi connectivity index (χ2n) is 5.23. The van der Waals surface area contributed by atoms with E-state index in [-0.39, 0.29) is 29.8 Å². The summed E-state index contributed by atoms with van der Waals surface area (Å²) in [6.07, 6.45) is 2.50. The van der Waals surface area contributed by atoms with Crippen LogP contribution in [0.25, 0.3) is 0 Å². The first-order valence-corrected chi connectivity index (χ1v) is 6.34. The lowest BCUT2D eigenvalue weighted by atomic mass is 9.66. The number of H-pyrrole nitrogens is 1. The van der Waals surface area contributed by atoms with Crippen molar-refractivity contribution in [2.24, 2.45) is 5.41 Å². The molecule has 0 aliphatic heterocycles. The maximum atomic E-state index is 11.9. The van der Waals surface area contributed by atoms with Gasteiger partial charge in [0.05, 0.1) is 12.0 Å². The molecule has 1 amide bonds. The lowest BCUT2D eigenvalue weighted by molar-refractivity contribution is -0.141. The van der Waals surface area contributed by atoms with E-state index in [1.807, 2.05) is 0 Å². The number of hydrogen-bond acceptors (Lipinski definition) is 4. The van der Waals surface area contributed by atoms with E-state index in [4.69, 9.17) is 5.11 Å². The summed E-state index contributed by atoms with van der Waals surface area (Å²) in [4.78, 5) is 36.0. The minimum Gasteiger partial charge on any atom is -0.494 e. The van der Waals surface area contributed by atoms with Crippen LogP contribution in [0.15, 0.2) is 16.9 Å². The Morgan fingerprint density at radius 1 is 1.35 bits per heavy atom. The number of aliphatic carboxylic acids is 1. The average Bonchev–Trinajstić information content (AvgIpc) is 2.30. The molecule has 1 fully saturated rings. The van der Waals surface area contributed by atoms with Crippen molar-refractivity contribution in [3.8, 4) is 5.88 Å². The number of nitrogens with one attached hydrogen (secondary N) is 2. The van der Waals surface area contributed by atoms with E-state index in [0.29, 0.717) is 0 Å². The molecular formula is C13H16N2O5. The zero-order valence-electron chi connectivity index (χ0n) is 10.8. The van der Waals surface area contributed by atoms with Gasteiger partial charge in [0.15, 0.2) is 5.88 Å². The molecule has 0 radical (unpaired) electrons. The second kappa shape index (κ2) is 5.36. The van der Waals surface area contributed by atoms with Crippen LogP contribution in [0, 0.1) is 5.41 Å². The highest BCUT2D eigenvalue weighted by molar-refractivity contribution is 5.94. The van der Waals surface area contributed by atoms with Gasteiger partial charge in [-0.2, -0.15) is 0 Å². The first kappa shape index (κ1) is 14.1. The van der Waals surface area contributed by atoms with Crippen LogP contribution in [-0.2, 0) is 4.79 Å². The number of amides is 1. The van der Waals surface area contributed by atoms with Crippen molar-refractivity contribution in [1.82, 2.24) is 10.3 Å². The molecule has 4 N–H and O–H groups in total. The molecular weight excluding hydrogens is 264 g/mol. The molecule has 2 rings (SSSR count). The Morgan fingerprint density at radius 2 is 2.05 bits per heavy atom. The molecule has 20 heavy (non-hydrogen) atoms. The molecule has 0 spiro atoms. The SMILES string of the molecule is O=C(O)CC1(CNC(=O)c2cc(O)[nH]c(=O)c2)CCC1. The molecule has 1 aromatic heterocycles. The topological polar surface area (TPSA) is 119 Å². The van der Waals surface area contributed by atoms with Crippen molar-refractivity contribution < 1.29 is 19.8 Å². The van der Waals surface area contributed by atoms with Crippen LogP contribution in [0.2, 0.25) is 0 Å². The molecule has 7 heteroatoms. The number of aromatic amines is 1. The number of carbonyl (C=O) groups is 2. The molecule has 0 bridgehead atoms. The maximum absolute atomic E-state index is 11.9. The van der Waals surface area contributed by atoms with E-state index in [1.54, 1.807) is 0 Å². The van der Waals surface area contributed by atoms with Gasteiger partial charge in [0.1, 0.15) is 0 Å². The van der Waals surface area contributed by atoms with Crippen LogP contribution in [0.1, 0.15) is 36.0 Å². The molecule has 108 valence electrons. The molecule has 1 heterocycles. The fourth-order valence-electron chi connectivity index (χ4n) is 2.44. The summed E-state index contributed by atoms with van der Waals surface area (Å²) in [6.45, 7) is 0.256. The van der Waals surface area contributed by atoms with E-state index >= 15 is 0 Å². The summed E-state index contributed by atoms with van der Waals surface area (Å²) in [7, 11) is 0. The number of rotatable bonds is 5. The highest BCUT2D eigenvalue weighted by atomic mass is 16.4. The fraction of sp³-hybridized carbons (Fsp3) is 0.462. The second-order valence-corrected chi connectivity index (χ2v) is 5.23.